The largest absolute Gasteiger partial charge is 0.478 e. The second-order valence-corrected chi connectivity index (χ2v) is 11.1. The average molecular weight is 589 g/mol. The van der Waals surface area contributed by atoms with Crippen molar-refractivity contribution in [3.05, 3.63) is 102 Å². The van der Waals surface area contributed by atoms with Crippen molar-refractivity contribution in [3.63, 3.8) is 0 Å². The maximum atomic E-state index is 13.2. The van der Waals surface area contributed by atoms with Crippen LogP contribution in [0.5, 0.6) is 0 Å². The summed E-state index contributed by atoms with van der Waals surface area (Å²) in [6.45, 7) is 1.63. The number of hydrogen-bond donors (Lipinski definition) is 3. The Labute approximate surface area is 254 Å². The third-order valence-corrected chi connectivity index (χ3v) is 8.04. The predicted octanol–water partition coefficient (Wildman–Crippen LogP) is 5.99. The van der Waals surface area contributed by atoms with Gasteiger partial charge in [0.15, 0.2) is 5.82 Å². The molecule has 3 N–H and O–H groups in total. The Morgan fingerprint density at radius 1 is 0.909 bits per heavy atom. The van der Waals surface area contributed by atoms with Crippen molar-refractivity contribution in [2.75, 3.05) is 5.32 Å². The number of aromatic nitrogens is 4. The summed E-state index contributed by atoms with van der Waals surface area (Å²) in [6.07, 6.45) is 10.4. The standard InChI is InChI=1S/C34H32N6O4/c1-21(32(41)38-27-13-10-22(11-14-27)25-17-26(34(43)44)20-35-19-25)37-33(42)24-12-15-28-29(18-24)39-40(30-9-5-6-16-36-30)31(28)23-7-3-2-4-8-23/h5-6,9-21,23H,2-4,7-8H2,1H3,(H,37,42)(H,38,41)(H,43,44)/t21-/m1/s1. The fraction of sp³-hybridized carbons (Fsp3) is 0.235. The maximum Gasteiger partial charge on any atom is 0.337 e. The second kappa shape index (κ2) is 12.5. The van der Waals surface area contributed by atoms with E-state index in [0.29, 0.717) is 28.2 Å². The summed E-state index contributed by atoms with van der Waals surface area (Å²) in [5, 5.41) is 20.7. The lowest BCUT2D eigenvalue weighted by Gasteiger charge is -2.22. The minimum absolute atomic E-state index is 0.0924. The van der Waals surface area contributed by atoms with Crippen LogP contribution in [0.2, 0.25) is 0 Å². The molecule has 0 unspecified atom stereocenters. The predicted molar refractivity (Wildman–Crippen MR) is 167 cm³/mol. The molecule has 10 nitrogen and oxygen atoms in total. The van der Waals surface area contributed by atoms with Crippen LogP contribution in [0.25, 0.3) is 27.8 Å². The van der Waals surface area contributed by atoms with Gasteiger partial charge in [0.1, 0.15) is 6.04 Å². The Kier molecular flexibility index (Phi) is 8.14. The number of amides is 2. The van der Waals surface area contributed by atoms with Gasteiger partial charge >= 0.3 is 5.97 Å². The summed E-state index contributed by atoms with van der Waals surface area (Å²) < 4.78 is 1.92. The van der Waals surface area contributed by atoms with E-state index in [1.807, 2.05) is 28.9 Å². The molecule has 0 bridgehead atoms. The number of benzene rings is 2. The van der Waals surface area contributed by atoms with Crippen molar-refractivity contribution in [1.82, 2.24) is 25.1 Å². The first-order valence-electron chi connectivity index (χ1n) is 14.7. The number of carboxylic acid groups (broad SMARTS) is 1. The van der Waals surface area contributed by atoms with E-state index in [1.54, 1.807) is 55.7 Å². The number of nitrogens with one attached hydrogen (secondary N) is 2. The lowest BCUT2D eigenvalue weighted by Crippen LogP contribution is -2.41. The summed E-state index contributed by atoms with van der Waals surface area (Å²) in [4.78, 5) is 45.9. The van der Waals surface area contributed by atoms with E-state index in [4.69, 9.17) is 5.10 Å². The van der Waals surface area contributed by atoms with Gasteiger partial charge in [0.05, 0.1) is 16.8 Å². The average Bonchev–Trinajstić information content (AvgIpc) is 3.45. The lowest BCUT2D eigenvalue weighted by molar-refractivity contribution is -0.117. The van der Waals surface area contributed by atoms with Gasteiger partial charge in [-0.1, -0.05) is 43.5 Å². The highest BCUT2D eigenvalue weighted by molar-refractivity contribution is 6.02. The Morgan fingerprint density at radius 2 is 1.70 bits per heavy atom. The summed E-state index contributed by atoms with van der Waals surface area (Å²) in [7, 11) is 0. The highest BCUT2D eigenvalue weighted by Gasteiger charge is 2.25. The minimum atomic E-state index is -1.05. The molecule has 222 valence electrons. The zero-order chi connectivity index (χ0) is 30.6. The molecule has 44 heavy (non-hydrogen) atoms. The molecule has 1 aliphatic carbocycles. The van der Waals surface area contributed by atoms with Crippen LogP contribution in [0.3, 0.4) is 0 Å². The van der Waals surface area contributed by atoms with Crippen LogP contribution < -0.4 is 10.6 Å². The number of carbonyl (C=O) groups excluding carboxylic acids is 2. The number of anilines is 1. The molecule has 1 fully saturated rings. The molecule has 3 heterocycles. The number of nitrogens with zero attached hydrogens (tertiary/aromatic N) is 4. The molecule has 10 heteroatoms. The highest BCUT2D eigenvalue weighted by Crippen LogP contribution is 2.37. The smallest absolute Gasteiger partial charge is 0.337 e. The van der Waals surface area contributed by atoms with Gasteiger partial charge in [-0.2, -0.15) is 5.10 Å². The van der Waals surface area contributed by atoms with Crippen LogP contribution in [0.15, 0.2) is 85.3 Å². The first-order chi connectivity index (χ1) is 21.4. The number of carbonyl (C=O) groups is 3. The summed E-state index contributed by atoms with van der Waals surface area (Å²) >= 11 is 0. The molecule has 0 spiro atoms. The van der Waals surface area contributed by atoms with E-state index in [1.165, 1.54) is 31.5 Å². The number of pyridine rings is 2. The number of carboxylic acids is 1. The fourth-order valence-corrected chi connectivity index (χ4v) is 5.73. The van der Waals surface area contributed by atoms with Gasteiger partial charge in [-0.05, 0) is 67.8 Å². The summed E-state index contributed by atoms with van der Waals surface area (Å²) in [6, 6.07) is 19.0. The second-order valence-electron chi connectivity index (χ2n) is 11.1. The van der Waals surface area contributed by atoms with Crippen LogP contribution in [-0.4, -0.2) is 48.7 Å². The molecule has 5 aromatic rings. The van der Waals surface area contributed by atoms with Gasteiger partial charge in [0, 0.05) is 46.7 Å². The van der Waals surface area contributed by atoms with E-state index in [0.717, 1.165) is 35.3 Å². The van der Waals surface area contributed by atoms with Crippen molar-refractivity contribution in [3.8, 4) is 16.9 Å². The van der Waals surface area contributed by atoms with Gasteiger partial charge in [0.2, 0.25) is 5.91 Å². The minimum Gasteiger partial charge on any atom is -0.478 e. The van der Waals surface area contributed by atoms with E-state index in [2.05, 4.69) is 20.6 Å². The molecular formula is C34H32N6O4. The number of fused-ring (bicyclic) bond motifs is 1. The Balaban J connectivity index is 1.15. The van der Waals surface area contributed by atoms with Crippen molar-refractivity contribution in [2.24, 2.45) is 0 Å². The Hall–Kier alpha value is -5.38. The SMILES string of the molecule is C[C@@H](NC(=O)c1ccc2c(C3CCCCC3)n(-c3ccccn3)nc2c1)C(=O)Nc1ccc(-c2cncc(C(=O)O)c2)cc1. The number of hydrogen-bond acceptors (Lipinski definition) is 6. The maximum absolute atomic E-state index is 13.2. The fourth-order valence-electron chi connectivity index (χ4n) is 5.73. The Bertz CT molecular complexity index is 1830. The van der Waals surface area contributed by atoms with Gasteiger partial charge in [-0.3, -0.25) is 14.6 Å². The normalized spacial score (nSPS) is 14.2. The quantitative estimate of drug-likeness (QED) is 0.202. The van der Waals surface area contributed by atoms with Crippen molar-refractivity contribution >= 4 is 34.4 Å². The van der Waals surface area contributed by atoms with Crippen molar-refractivity contribution < 1.29 is 19.5 Å². The van der Waals surface area contributed by atoms with E-state index >= 15 is 0 Å². The van der Waals surface area contributed by atoms with E-state index in [-0.39, 0.29) is 17.4 Å². The molecule has 6 rings (SSSR count). The third kappa shape index (κ3) is 6.05. The lowest BCUT2D eigenvalue weighted by atomic mass is 9.85. The molecule has 0 radical (unpaired) electrons. The topological polar surface area (TPSA) is 139 Å². The van der Waals surface area contributed by atoms with Crippen LogP contribution in [0.4, 0.5) is 5.69 Å². The van der Waals surface area contributed by atoms with Crippen molar-refractivity contribution in [2.45, 2.75) is 51.0 Å². The van der Waals surface area contributed by atoms with Crippen LogP contribution in [0, 0.1) is 0 Å². The van der Waals surface area contributed by atoms with Gasteiger partial charge in [-0.15, -0.1) is 0 Å². The molecule has 0 saturated heterocycles. The zero-order valence-electron chi connectivity index (χ0n) is 24.2. The first-order valence-corrected chi connectivity index (χ1v) is 14.7. The zero-order valence-corrected chi connectivity index (χ0v) is 24.2. The molecule has 2 aromatic carbocycles. The monoisotopic (exact) mass is 588 g/mol. The van der Waals surface area contributed by atoms with Gasteiger partial charge < -0.3 is 15.7 Å². The van der Waals surface area contributed by atoms with Crippen LogP contribution in [0.1, 0.15) is 71.4 Å². The molecule has 1 aliphatic rings. The van der Waals surface area contributed by atoms with E-state index < -0.39 is 12.0 Å². The first kappa shape index (κ1) is 28.7. The Morgan fingerprint density at radius 3 is 2.43 bits per heavy atom. The van der Waals surface area contributed by atoms with Gasteiger partial charge in [-0.25, -0.2) is 14.5 Å². The molecule has 3 aromatic heterocycles. The molecular weight excluding hydrogens is 556 g/mol. The summed E-state index contributed by atoms with van der Waals surface area (Å²) in [5.74, 6) is -0.676. The van der Waals surface area contributed by atoms with E-state index in [9.17, 15) is 19.5 Å². The molecule has 0 aliphatic heterocycles. The van der Waals surface area contributed by atoms with Crippen LogP contribution in [-0.2, 0) is 4.79 Å². The molecule has 2 amide bonds. The number of aromatic carboxylic acids is 1. The molecule has 1 atom stereocenters. The summed E-state index contributed by atoms with van der Waals surface area (Å²) in [5.41, 5.74) is 4.30. The third-order valence-electron chi connectivity index (χ3n) is 8.04. The highest BCUT2D eigenvalue weighted by atomic mass is 16.4. The van der Waals surface area contributed by atoms with Crippen molar-refractivity contribution in [1.29, 1.82) is 0 Å². The molecule has 1 saturated carbocycles. The number of rotatable bonds is 8. The van der Waals surface area contributed by atoms with Gasteiger partial charge in [0.25, 0.3) is 5.91 Å². The van der Waals surface area contributed by atoms with Crippen LogP contribution >= 0.6 is 0 Å².